The average Bonchev–Trinajstić information content (AvgIpc) is 2.90. The molecular weight excluding hydrogens is 300 g/mol. The highest BCUT2D eigenvalue weighted by molar-refractivity contribution is 5.95. The number of hydrogen-bond acceptors (Lipinski definition) is 4. The fourth-order valence-corrected chi connectivity index (χ4v) is 3.14. The van der Waals surface area contributed by atoms with E-state index in [1.54, 1.807) is 6.20 Å². The first-order valence-electron chi connectivity index (χ1n) is 8.31. The average molecular weight is 324 g/mol. The van der Waals surface area contributed by atoms with Crippen LogP contribution in [-0.2, 0) is 6.42 Å². The molecule has 3 rings (SSSR count). The van der Waals surface area contributed by atoms with Crippen LogP contribution in [0.4, 0.5) is 11.4 Å². The number of anilines is 2. The van der Waals surface area contributed by atoms with Gasteiger partial charge in [-0.1, -0.05) is 18.2 Å². The predicted molar refractivity (Wildman–Crippen MR) is 96.9 cm³/mol. The molecular formula is C19H24N4O. The summed E-state index contributed by atoms with van der Waals surface area (Å²) in [5.74, 6) is -0.0775. The van der Waals surface area contributed by atoms with E-state index < -0.39 is 0 Å². The highest BCUT2D eigenvalue weighted by Crippen LogP contribution is 2.37. The number of hydrogen-bond donors (Lipinski definition) is 1. The zero-order valence-corrected chi connectivity index (χ0v) is 14.5. The summed E-state index contributed by atoms with van der Waals surface area (Å²) in [6.45, 7) is 3.64. The normalized spacial score (nSPS) is 16.3. The van der Waals surface area contributed by atoms with Gasteiger partial charge in [0.1, 0.15) is 0 Å². The molecule has 0 saturated carbocycles. The molecule has 0 saturated heterocycles. The lowest BCUT2D eigenvalue weighted by atomic mass is 10.1. The first-order chi connectivity index (χ1) is 11.6. The Morgan fingerprint density at radius 2 is 2.12 bits per heavy atom. The van der Waals surface area contributed by atoms with Gasteiger partial charge in [0.2, 0.25) is 0 Å². The molecule has 5 nitrogen and oxygen atoms in total. The standard InChI is InChI=1S/C19H24N4O/c1-14-10-15-6-4-5-7-18(15)23(14)17-11-16(12-20-13-17)19(24)21-8-9-22(2)3/h4-7,11-14H,8-10H2,1-3H3,(H,21,24). The van der Waals surface area contributed by atoms with E-state index in [9.17, 15) is 4.79 Å². The maximum Gasteiger partial charge on any atom is 0.252 e. The van der Waals surface area contributed by atoms with Gasteiger partial charge in [0.25, 0.3) is 5.91 Å². The van der Waals surface area contributed by atoms with Gasteiger partial charge in [-0.2, -0.15) is 0 Å². The summed E-state index contributed by atoms with van der Waals surface area (Å²) in [5.41, 5.74) is 4.11. The van der Waals surface area contributed by atoms with Crippen LogP contribution < -0.4 is 10.2 Å². The lowest BCUT2D eigenvalue weighted by Gasteiger charge is -2.25. The Hall–Kier alpha value is -2.40. The molecule has 1 unspecified atom stereocenters. The molecule has 0 aliphatic carbocycles. The summed E-state index contributed by atoms with van der Waals surface area (Å²) < 4.78 is 0. The van der Waals surface area contributed by atoms with E-state index in [-0.39, 0.29) is 5.91 Å². The summed E-state index contributed by atoms with van der Waals surface area (Å²) in [5, 5.41) is 2.94. The number of para-hydroxylation sites is 1. The zero-order chi connectivity index (χ0) is 17.1. The van der Waals surface area contributed by atoms with Gasteiger partial charge in [0.05, 0.1) is 17.4 Å². The third-order valence-corrected chi connectivity index (χ3v) is 4.32. The molecule has 2 heterocycles. The fourth-order valence-electron chi connectivity index (χ4n) is 3.14. The molecule has 1 atom stereocenters. The van der Waals surface area contributed by atoms with E-state index in [1.807, 2.05) is 31.3 Å². The highest BCUT2D eigenvalue weighted by Gasteiger charge is 2.27. The van der Waals surface area contributed by atoms with Crippen LogP contribution in [0.3, 0.4) is 0 Å². The van der Waals surface area contributed by atoms with Crippen LogP contribution in [-0.4, -0.2) is 49.0 Å². The Labute approximate surface area is 143 Å². The summed E-state index contributed by atoms with van der Waals surface area (Å²) in [7, 11) is 3.97. The van der Waals surface area contributed by atoms with Gasteiger partial charge in [-0.25, -0.2) is 0 Å². The van der Waals surface area contributed by atoms with Gasteiger partial charge in [-0.05, 0) is 45.1 Å². The molecule has 5 heteroatoms. The minimum atomic E-state index is -0.0775. The number of fused-ring (bicyclic) bond motifs is 1. The highest BCUT2D eigenvalue weighted by atomic mass is 16.1. The molecule has 1 aromatic heterocycles. The number of nitrogens with zero attached hydrogens (tertiary/aromatic N) is 3. The molecule has 1 aliphatic rings. The number of rotatable bonds is 5. The first kappa shape index (κ1) is 16.5. The SMILES string of the molecule is CC1Cc2ccccc2N1c1cncc(C(=O)NCCN(C)C)c1. The molecule has 0 bridgehead atoms. The number of aromatic nitrogens is 1. The first-order valence-corrected chi connectivity index (χ1v) is 8.31. The van der Waals surface area contributed by atoms with Crippen LogP contribution in [0.25, 0.3) is 0 Å². The van der Waals surface area contributed by atoms with Crippen LogP contribution >= 0.6 is 0 Å². The van der Waals surface area contributed by atoms with E-state index in [2.05, 4.69) is 46.4 Å². The van der Waals surface area contributed by atoms with Gasteiger partial charge >= 0.3 is 0 Å². The van der Waals surface area contributed by atoms with Gasteiger partial charge in [0, 0.05) is 31.0 Å². The fraction of sp³-hybridized carbons (Fsp3) is 0.368. The third-order valence-electron chi connectivity index (χ3n) is 4.32. The van der Waals surface area contributed by atoms with E-state index >= 15 is 0 Å². The number of nitrogens with one attached hydrogen (secondary N) is 1. The smallest absolute Gasteiger partial charge is 0.252 e. The second-order valence-corrected chi connectivity index (χ2v) is 6.54. The lowest BCUT2D eigenvalue weighted by molar-refractivity contribution is 0.0950. The monoisotopic (exact) mass is 324 g/mol. The predicted octanol–water partition coefficient (Wildman–Crippen LogP) is 2.46. The molecule has 0 spiro atoms. The summed E-state index contributed by atoms with van der Waals surface area (Å²) in [6.07, 6.45) is 4.46. The second kappa shape index (κ2) is 7.01. The van der Waals surface area contributed by atoms with Crippen LogP contribution in [0, 0.1) is 0 Å². The quantitative estimate of drug-likeness (QED) is 0.918. The van der Waals surface area contributed by atoms with Crippen molar-refractivity contribution in [2.75, 3.05) is 32.1 Å². The van der Waals surface area contributed by atoms with Crippen molar-refractivity contribution in [3.05, 3.63) is 53.9 Å². The number of carbonyl (C=O) groups excluding carboxylic acids is 1. The minimum Gasteiger partial charge on any atom is -0.351 e. The van der Waals surface area contributed by atoms with Crippen LogP contribution in [0.15, 0.2) is 42.7 Å². The van der Waals surface area contributed by atoms with Gasteiger partial charge in [-0.3, -0.25) is 9.78 Å². The third kappa shape index (κ3) is 3.41. The topological polar surface area (TPSA) is 48.5 Å². The summed E-state index contributed by atoms with van der Waals surface area (Å²) in [4.78, 5) is 20.9. The Kier molecular flexibility index (Phi) is 4.81. The van der Waals surface area contributed by atoms with E-state index in [4.69, 9.17) is 0 Å². The lowest BCUT2D eigenvalue weighted by Crippen LogP contribution is -2.31. The van der Waals surface area contributed by atoms with Gasteiger partial charge in [0.15, 0.2) is 0 Å². The minimum absolute atomic E-state index is 0.0775. The number of benzene rings is 1. The number of amides is 1. The maximum atomic E-state index is 12.3. The maximum absolute atomic E-state index is 12.3. The van der Waals surface area contributed by atoms with Crippen molar-refractivity contribution in [1.29, 1.82) is 0 Å². The van der Waals surface area contributed by atoms with Crippen molar-refractivity contribution in [3.63, 3.8) is 0 Å². The molecule has 0 fully saturated rings. The number of likely N-dealkylation sites (N-methyl/N-ethyl adjacent to an activating group) is 1. The zero-order valence-electron chi connectivity index (χ0n) is 14.5. The van der Waals surface area contributed by atoms with Crippen molar-refractivity contribution in [3.8, 4) is 0 Å². The van der Waals surface area contributed by atoms with Crippen LogP contribution in [0.1, 0.15) is 22.8 Å². The summed E-state index contributed by atoms with van der Waals surface area (Å²) in [6, 6.07) is 10.7. The molecule has 1 aromatic carbocycles. The molecule has 1 aliphatic heterocycles. The van der Waals surface area contributed by atoms with E-state index in [0.717, 1.165) is 18.7 Å². The van der Waals surface area contributed by atoms with Gasteiger partial charge in [-0.15, -0.1) is 0 Å². The second-order valence-electron chi connectivity index (χ2n) is 6.54. The molecule has 1 N–H and O–H groups in total. The Bertz CT molecular complexity index is 729. The van der Waals surface area contributed by atoms with Gasteiger partial charge < -0.3 is 15.1 Å². The molecule has 2 aromatic rings. The van der Waals surface area contributed by atoms with Crippen molar-refractivity contribution in [2.24, 2.45) is 0 Å². The molecule has 24 heavy (non-hydrogen) atoms. The van der Waals surface area contributed by atoms with Crippen molar-refractivity contribution in [2.45, 2.75) is 19.4 Å². The van der Waals surface area contributed by atoms with E-state index in [1.165, 1.54) is 11.3 Å². The van der Waals surface area contributed by atoms with E-state index in [0.29, 0.717) is 18.2 Å². The molecule has 0 radical (unpaired) electrons. The van der Waals surface area contributed by atoms with Crippen LogP contribution in [0.2, 0.25) is 0 Å². The van der Waals surface area contributed by atoms with Crippen molar-refractivity contribution in [1.82, 2.24) is 15.2 Å². The largest absolute Gasteiger partial charge is 0.351 e. The Morgan fingerprint density at radius 1 is 1.33 bits per heavy atom. The van der Waals surface area contributed by atoms with Crippen molar-refractivity contribution < 1.29 is 4.79 Å². The Balaban J connectivity index is 1.80. The molecule has 126 valence electrons. The van der Waals surface area contributed by atoms with Crippen molar-refractivity contribution >= 4 is 17.3 Å². The van der Waals surface area contributed by atoms with Crippen LogP contribution in [0.5, 0.6) is 0 Å². The Morgan fingerprint density at radius 3 is 2.92 bits per heavy atom. The molecule has 1 amide bonds. The summed E-state index contributed by atoms with van der Waals surface area (Å²) >= 11 is 0. The number of carbonyl (C=O) groups is 1. The number of pyridine rings is 1.